The second-order valence-corrected chi connectivity index (χ2v) is 5.27. The van der Waals surface area contributed by atoms with Crippen LogP contribution in [0, 0.1) is 0 Å². The van der Waals surface area contributed by atoms with Gasteiger partial charge in [0.2, 0.25) is 0 Å². The molecule has 0 spiro atoms. The average Bonchev–Trinajstić information content (AvgIpc) is 2.59. The fourth-order valence-corrected chi connectivity index (χ4v) is 2.05. The molecule has 0 bridgehead atoms. The Morgan fingerprint density at radius 1 is 1.12 bits per heavy atom. The highest BCUT2D eigenvalue weighted by Gasteiger charge is 2.00. The number of hydrogen-bond donors (Lipinski definition) is 2. The van der Waals surface area contributed by atoms with Crippen LogP contribution in [0.25, 0.3) is 0 Å². The molecule has 2 aromatic rings. The number of ether oxygens (including phenoxy) is 1. The largest absolute Gasteiger partial charge is 0.497 e. The van der Waals surface area contributed by atoms with E-state index in [9.17, 15) is 0 Å². The summed E-state index contributed by atoms with van der Waals surface area (Å²) >= 11 is 5.78. The standard InChI is InChI=1S/C17H21ClN4O.HI/c1-3-19-17(22-12-14-6-9-16(18)20-11-14)21-10-13-4-7-15(23-2)8-5-13;/h4-9,11H,3,10,12H2,1-2H3,(H2,19,21,22);1H. The minimum absolute atomic E-state index is 0. The molecule has 5 nitrogen and oxygen atoms in total. The summed E-state index contributed by atoms with van der Waals surface area (Å²) in [6.07, 6.45) is 1.73. The van der Waals surface area contributed by atoms with Crippen molar-refractivity contribution < 1.29 is 4.74 Å². The van der Waals surface area contributed by atoms with E-state index in [0.29, 0.717) is 18.2 Å². The van der Waals surface area contributed by atoms with Gasteiger partial charge in [0.1, 0.15) is 10.9 Å². The van der Waals surface area contributed by atoms with Gasteiger partial charge in [0.25, 0.3) is 0 Å². The minimum atomic E-state index is 0. The molecule has 1 aromatic carbocycles. The number of nitrogens with zero attached hydrogens (tertiary/aromatic N) is 2. The van der Waals surface area contributed by atoms with Gasteiger partial charge in [0.05, 0.1) is 13.7 Å². The predicted octanol–water partition coefficient (Wildman–Crippen LogP) is 3.62. The van der Waals surface area contributed by atoms with Crippen molar-refractivity contribution in [3.63, 3.8) is 0 Å². The molecule has 0 aliphatic carbocycles. The summed E-state index contributed by atoms with van der Waals surface area (Å²) in [5.74, 6) is 1.61. The highest BCUT2D eigenvalue weighted by atomic mass is 127. The fourth-order valence-electron chi connectivity index (χ4n) is 1.94. The van der Waals surface area contributed by atoms with E-state index in [2.05, 4.69) is 20.6 Å². The summed E-state index contributed by atoms with van der Waals surface area (Å²) in [6.45, 7) is 4.07. The Kier molecular flexibility index (Phi) is 9.48. The summed E-state index contributed by atoms with van der Waals surface area (Å²) in [4.78, 5) is 8.61. The van der Waals surface area contributed by atoms with E-state index < -0.39 is 0 Å². The Bertz CT molecular complexity index is 632. The number of benzene rings is 1. The zero-order valence-electron chi connectivity index (χ0n) is 13.8. The van der Waals surface area contributed by atoms with Crippen LogP contribution in [0.15, 0.2) is 47.6 Å². The van der Waals surface area contributed by atoms with Gasteiger partial charge in [-0.05, 0) is 36.2 Å². The summed E-state index contributed by atoms with van der Waals surface area (Å²) < 4.78 is 5.16. The Hall–Kier alpha value is -1.54. The minimum Gasteiger partial charge on any atom is -0.497 e. The molecule has 0 saturated heterocycles. The maximum absolute atomic E-state index is 5.78. The lowest BCUT2D eigenvalue weighted by atomic mass is 10.2. The van der Waals surface area contributed by atoms with Gasteiger partial charge in [0, 0.05) is 19.3 Å². The van der Waals surface area contributed by atoms with E-state index in [1.807, 2.05) is 37.3 Å². The molecule has 0 amide bonds. The molecule has 0 radical (unpaired) electrons. The molecule has 2 N–H and O–H groups in total. The van der Waals surface area contributed by atoms with E-state index in [4.69, 9.17) is 16.3 Å². The highest BCUT2D eigenvalue weighted by Crippen LogP contribution is 2.11. The van der Waals surface area contributed by atoms with Crippen molar-refractivity contribution >= 4 is 41.5 Å². The molecule has 2 rings (SSSR count). The first kappa shape index (κ1) is 20.5. The van der Waals surface area contributed by atoms with Crippen LogP contribution in [-0.2, 0) is 13.1 Å². The fraction of sp³-hybridized carbons (Fsp3) is 0.294. The monoisotopic (exact) mass is 460 g/mol. The van der Waals surface area contributed by atoms with E-state index >= 15 is 0 Å². The number of aliphatic imine (C=N–C) groups is 1. The van der Waals surface area contributed by atoms with Crippen LogP contribution < -0.4 is 15.4 Å². The number of nitrogens with one attached hydrogen (secondary N) is 2. The molecule has 0 fully saturated rings. The van der Waals surface area contributed by atoms with Gasteiger partial charge >= 0.3 is 0 Å². The molecule has 130 valence electrons. The van der Waals surface area contributed by atoms with Crippen LogP contribution >= 0.6 is 35.6 Å². The van der Waals surface area contributed by atoms with Crippen LogP contribution in [0.5, 0.6) is 5.75 Å². The number of halogens is 2. The Labute approximate surface area is 164 Å². The van der Waals surface area contributed by atoms with E-state index in [-0.39, 0.29) is 24.0 Å². The van der Waals surface area contributed by atoms with Crippen molar-refractivity contribution in [1.82, 2.24) is 15.6 Å². The van der Waals surface area contributed by atoms with Crippen molar-refractivity contribution in [3.05, 3.63) is 58.9 Å². The SMILES string of the molecule is CCNC(=NCc1ccc(Cl)nc1)NCc1ccc(OC)cc1.I. The maximum atomic E-state index is 5.78. The van der Waals surface area contributed by atoms with Crippen molar-refractivity contribution in [3.8, 4) is 5.75 Å². The third kappa shape index (κ3) is 6.92. The van der Waals surface area contributed by atoms with Crippen LogP contribution in [-0.4, -0.2) is 24.6 Å². The zero-order valence-corrected chi connectivity index (χ0v) is 16.8. The van der Waals surface area contributed by atoms with E-state index in [1.165, 1.54) is 0 Å². The van der Waals surface area contributed by atoms with Crippen molar-refractivity contribution in [2.45, 2.75) is 20.0 Å². The second-order valence-electron chi connectivity index (χ2n) is 4.89. The Morgan fingerprint density at radius 3 is 2.42 bits per heavy atom. The summed E-state index contributed by atoms with van der Waals surface area (Å²) in [6, 6.07) is 11.6. The first-order valence-corrected chi connectivity index (χ1v) is 7.84. The van der Waals surface area contributed by atoms with E-state index in [1.54, 1.807) is 19.4 Å². The maximum Gasteiger partial charge on any atom is 0.191 e. The van der Waals surface area contributed by atoms with Gasteiger partial charge in [-0.25, -0.2) is 9.98 Å². The van der Waals surface area contributed by atoms with Gasteiger partial charge in [-0.1, -0.05) is 29.8 Å². The average molecular weight is 461 g/mol. The van der Waals surface area contributed by atoms with Gasteiger partial charge in [0.15, 0.2) is 5.96 Å². The van der Waals surface area contributed by atoms with Crippen molar-refractivity contribution in [1.29, 1.82) is 0 Å². The molecular formula is C17H22ClIN4O. The van der Waals surface area contributed by atoms with Crippen molar-refractivity contribution in [2.75, 3.05) is 13.7 Å². The predicted molar refractivity (Wildman–Crippen MR) is 109 cm³/mol. The Balaban J connectivity index is 0.00000288. The first-order valence-electron chi connectivity index (χ1n) is 7.47. The van der Waals surface area contributed by atoms with Crippen LogP contribution in [0.4, 0.5) is 0 Å². The van der Waals surface area contributed by atoms with Gasteiger partial charge in [-0.3, -0.25) is 0 Å². The third-order valence-electron chi connectivity index (χ3n) is 3.17. The summed E-state index contributed by atoms with van der Waals surface area (Å²) in [5.41, 5.74) is 2.17. The second kappa shape index (κ2) is 11.1. The third-order valence-corrected chi connectivity index (χ3v) is 3.40. The first-order chi connectivity index (χ1) is 11.2. The number of rotatable bonds is 6. The van der Waals surface area contributed by atoms with Gasteiger partial charge in [-0.2, -0.15) is 0 Å². The molecule has 0 saturated carbocycles. The molecule has 0 atom stereocenters. The lowest BCUT2D eigenvalue weighted by molar-refractivity contribution is 0.414. The zero-order chi connectivity index (χ0) is 16.5. The highest BCUT2D eigenvalue weighted by molar-refractivity contribution is 14.0. The van der Waals surface area contributed by atoms with Crippen LogP contribution in [0.3, 0.4) is 0 Å². The number of pyridine rings is 1. The van der Waals surface area contributed by atoms with Crippen LogP contribution in [0.1, 0.15) is 18.1 Å². The molecular weight excluding hydrogens is 439 g/mol. The van der Waals surface area contributed by atoms with E-state index in [0.717, 1.165) is 29.4 Å². The molecule has 24 heavy (non-hydrogen) atoms. The summed E-state index contributed by atoms with van der Waals surface area (Å²) in [7, 11) is 1.66. The molecule has 1 heterocycles. The lowest BCUT2D eigenvalue weighted by Crippen LogP contribution is -2.36. The normalized spacial score (nSPS) is 10.7. The quantitative estimate of drug-likeness (QED) is 0.299. The number of methoxy groups -OCH3 is 1. The summed E-state index contributed by atoms with van der Waals surface area (Å²) in [5, 5.41) is 7.02. The molecule has 1 aromatic heterocycles. The number of guanidine groups is 1. The van der Waals surface area contributed by atoms with Crippen molar-refractivity contribution in [2.24, 2.45) is 4.99 Å². The van der Waals surface area contributed by atoms with Crippen LogP contribution in [0.2, 0.25) is 5.15 Å². The molecule has 0 aliphatic rings. The van der Waals surface area contributed by atoms with Gasteiger partial charge < -0.3 is 15.4 Å². The lowest BCUT2D eigenvalue weighted by Gasteiger charge is -2.11. The molecule has 0 unspecified atom stereocenters. The topological polar surface area (TPSA) is 58.5 Å². The van der Waals surface area contributed by atoms with Gasteiger partial charge in [-0.15, -0.1) is 24.0 Å². The smallest absolute Gasteiger partial charge is 0.191 e. The molecule has 0 aliphatic heterocycles. The Morgan fingerprint density at radius 2 is 1.83 bits per heavy atom. The number of hydrogen-bond acceptors (Lipinski definition) is 3. The number of aromatic nitrogens is 1. The molecule has 7 heteroatoms.